The maximum atomic E-state index is 10.7. The quantitative estimate of drug-likeness (QED) is 0.607. The molecular formula is C7H10F3NO3S. The molecule has 0 fully saturated rings. The molecule has 0 aromatic carbocycles. The molecule has 0 aliphatic carbocycles. The van der Waals surface area contributed by atoms with Crippen molar-refractivity contribution in [1.82, 2.24) is 4.57 Å². The summed E-state index contributed by atoms with van der Waals surface area (Å²) in [5, 5.41) is 0. The van der Waals surface area contributed by atoms with Crippen molar-refractivity contribution in [3.63, 3.8) is 0 Å². The van der Waals surface area contributed by atoms with Gasteiger partial charge in [-0.25, -0.2) is 0 Å². The average molecular weight is 245 g/mol. The second kappa shape index (κ2) is 5.17. The number of aryl methyl sites for hydroxylation is 1. The first kappa shape index (κ1) is 14.0. The lowest BCUT2D eigenvalue weighted by Gasteiger charge is -1.97. The highest BCUT2D eigenvalue weighted by atomic mass is 32.2. The van der Waals surface area contributed by atoms with Gasteiger partial charge < -0.3 is 4.57 Å². The SMILES string of the molecule is CCn1cccc1.O=S(=O)(O)C(F)(F)F. The van der Waals surface area contributed by atoms with Gasteiger partial charge in [-0.1, -0.05) is 0 Å². The molecule has 0 spiro atoms. The molecule has 4 nitrogen and oxygen atoms in total. The Morgan fingerprint density at radius 1 is 1.27 bits per heavy atom. The maximum Gasteiger partial charge on any atom is 0.522 e. The summed E-state index contributed by atoms with van der Waals surface area (Å²) in [5.41, 5.74) is -5.53. The van der Waals surface area contributed by atoms with Gasteiger partial charge >= 0.3 is 15.6 Å². The Labute approximate surface area is 85.1 Å². The van der Waals surface area contributed by atoms with E-state index in [4.69, 9.17) is 13.0 Å². The summed E-state index contributed by atoms with van der Waals surface area (Å²) >= 11 is 0. The van der Waals surface area contributed by atoms with Gasteiger partial charge in [0.2, 0.25) is 0 Å². The summed E-state index contributed by atoms with van der Waals surface area (Å²) in [6.07, 6.45) is 4.11. The van der Waals surface area contributed by atoms with E-state index in [1.807, 2.05) is 12.1 Å². The zero-order valence-electron chi connectivity index (χ0n) is 7.77. The van der Waals surface area contributed by atoms with E-state index in [-0.39, 0.29) is 0 Å². The number of alkyl halides is 3. The van der Waals surface area contributed by atoms with Crippen LogP contribution in [0.15, 0.2) is 24.5 Å². The molecule has 0 atom stereocenters. The third kappa shape index (κ3) is 5.43. The summed E-state index contributed by atoms with van der Waals surface area (Å²) in [7, 11) is -5.84. The van der Waals surface area contributed by atoms with Gasteiger partial charge in [0.05, 0.1) is 0 Å². The van der Waals surface area contributed by atoms with Crippen LogP contribution in [0.4, 0.5) is 13.2 Å². The molecule has 0 aliphatic heterocycles. The van der Waals surface area contributed by atoms with E-state index in [1.165, 1.54) is 0 Å². The van der Waals surface area contributed by atoms with Crippen LogP contribution in [0.2, 0.25) is 0 Å². The van der Waals surface area contributed by atoms with Crippen LogP contribution in [-0.2, 0) is 16.7 Å². The van der Waals surface area contributed by atoms with Crippen LogP contribution >= 0.6 is 0 Å². The maximum absolute atomic E-state index is 10.7. The Balaban J connectivity index is 0.000000262. The van der Waals surface area contributed by atoms with Crippen molar-refractivity contribution >= 4 is 10.1 Å². The number of hydrogen-bond donors (Lipinski definition) is 1. The Hall–Kier alpha value is -1.02. The lowest BCUT2D eigenvalue weighted by atomic mass is 10.7. The first-order valence-corrected chi connectivity index (χ1v) is 5.27. The summed E-state index contributed by atoms with van der Waals surface area (Å²) in [6, 6.07) is 4.06. The second-order valence-corrected chi connectivity index (χ2v) is 3.85. The molecule has 1 heterocycles. The highest BCUT2D eigenvalue weighted by molar-refractivity contribution is 7.86. The van der Waals surface area contributed by atoms with E-state index >= 15 is 0 Å². The van der Waals surface area contributed by atoms with Gasteiger partial charge in [0.1, 0.15) is 0 Å². The highest BCUT2D eigenvalue weighted by Crippen LogP contribution is 2.20. The summed E-state index contributed by atoms with van der Waals surface area (Å²) < 4.78 is 59.7. The number of hydrogen-bond acceptors (Lipinski definition) is 2. The Morgan fingerprint density at radius 2 is 1.60 bits per heavy atom. The highest BCUT2D eigenvalue weighted by Gasteiger charge is 2.44. The molecule has 1 aromatic heterocycles. The number of rotatable bonds is 1. The van der Waals surface area contributed by atoms with Crippen LogP contribution in [0, 0.1) is 0 Å². The molecule has 0 saturated heterocycles. The molecule has 0 aliphatic rings. The summed E-state index contributed by atoms with van der Waals surface area (Å²) in [4.78, 5) is 0. The predicted octanol–water partition coefficient (Wildman–Crippen LogP) is 1.90. The Kier molecular flexibility index (Phi) is 4.82. The molecule has 1 N–H and O–H groups in total. The zero-order valence-corrected chi connectivity index (χ0v) is 8.59. The van der Waals surface area contributed by atoms with Gasteiger partial charge in [-0.3, -0.25) is 4.55 Å². The van der Waals surface area contributed by atoms with Gasteiger partial charge in [-0.15, -0.1) is 0 Å². The lowest BCUT2D eigenvalue weighted by molar-refractivity contribution is -0.0510. The molecule has 1 rings (SSSR count). The van der Waals surface area contributed by atoms with Crippen LogP contribution in [0.1, 0.15) is 6.92 Å². The summed E-state index contributed by atoms with van der Waals surface area (Å²) in [6.45, 7) is 3.20. The van der Waals surface area contributed by atoms with Crippen molar-refractivity contribution in [3.8, 4) is 0 Å². The fourth-order valence-corrected chi connectivity index (χ4v) is 0.581. The first-order chi connectivity index (χ1) is 6.68. The van der Waals surface area contributed by atoms with Gasteiger partial charge in [0, 0.05) is 18.9 Å². The van der Waals surface area contributed by atoms with E-state index in [0.717, 1.165) is 6.54 Å². The van der Waals surface area contributed by atoms with Crippen LogP contribution in [-0.4, -0.2) is 23.0 Å². The van der Waals surface area contributed by atoms with Crippen LogP contribution in [0.25, 0.3) is 0 Å². The molecule has 0 saturated carbocycles. The van der Waals surface area contributed by atoms with Crippen molar-refractivity contribution in [1.29, 1.82) is 0 Å². The van der Waals surface area contributed by atoms with E-state index in [0.29, 0.717) is 0 Å². The van der Waals surface area contributed by atoms with E-state index in [9.17, 15) is 13.2 Å². The fourth-order valence-electron chi connectivity index (χ4n) is 0.581. The molecular weight excluding hydrogens is 235 g/mol. The van der Waals surface area contributed by atoms with Crippen molar-refractivity contribution in [2.45, 2.75) is 19.0 Å². The van der Waals surface area contributed by atoms with Gasteiger partial charge in [-0.2, -0.15) is 21.6 Å². The van der Waals surface area contributed by atoms with E-state index in [2.05, 4.69) is 23.9 Å². The number of halogens is 3. The van der Waals surface area contributed by atoms with Crippen molar-refractivity contribution < 1.29 is 26.1 Å². The molecule has 15 heavy (non-hydrogen) atoms. The minimum Gasteiger partial charge on any atom is -0.355 e. The van der Waals surface area contributed by atoms with Crippen LogP contribution < -0.4 is 0 Å². The minimum atomic E-state index is -5.84. The fraction of sp³-hybridized carbons (Fsp3) is 0.429. The van der Waals surface area contributed by atoms with Gasteiger partial charge in [0.15, 0.2) is 0 Å². The average Bonchev–Trinajstić information content (AvgIpc) is 2.52. The Bertz CT molecular complexity index is 369. The summed E-state index contributed by atoms with van der Waals surface area (Å²) in [5.74, 6) is 0. The molecule has 0 bridgehead atoms. The van der Waals surface area contributed by atoms with Crippen molar-refractivity contribution in [3.05, 3.63) is 24.5 Å². The normalized spacial score (nSPS) is 11.8. The van der Waals surface area contributed by atoms with Crippen LogP contribution in [0.5, 0.6) is 0 Å². The standard InChI is InChI=1S/C6H9N.CHF3O3S/c1-2-7-5-3-4-6-7;2-1(3,4)8(5,6)7/h3-6H,2H2,1H3;(H,5,6,7). The first-order valence-electron chi connectivity index (χ1n) is 3.83. The van der Waals surface area contributed by atoms with Gasteiger partial charge in [-0.05, 0) is 19.1 Å². The third-order valence-corrected chi connectivity index (χ3v) is 1.91. The third-order valence-electron chi connectivity index (χ3n) is 1.32. The molecule has 0 amide bonds. The number of nitrogens with zero attached hydrogens (tertiary/aromatic N) is 1. The molecule has 88 valence electrons. The smallest absolute Gasteiger partial charge is 0.355 e. The molecule has 8 heteroatoms. The Morgan fingerprint density at radius 3 is 1.73 bits per heavy atom. The lowest BCUT2D eigenvalue weighted by Crippen LogP contribution is -2.21. The van der Waals surface area contributed by atoms with Gasteiger partial charge in [0.25, 0.3) is 0 Å². The monoisotopic (exact) mass is 245 g/mol. The predicted molar refractivity (Wildman–Crippen MR) is 47.7 cm³/mol. The minimum absolute atomic E-state index is 1.08. The topological polar surface area (TPSA) is 59.3 Å². The molecule has 0 radical (unpaired) electrons. The van der Waals surface area contributed by atoms with E-state index < -0.39 is 15.6 Å². The molecule has 1 aromatic rings. The largest absolute Gasteiger partial charge is 0.522 e. The zero-order chi connectivity index (χ0) is 12.1. The number of aromatic nitrogens is 1. The molecule has 0 unspecified atom stereocenters. The van der Waals surface area contributed by atoms with Crippen molar-refractivity contribution in [2.24, 2.45) is 0 Å². The van der Waals surface area contributed by atoms with E-state index in [1.54, 1.807) is 0 Å². The van der Waals surface area contributed by atoms with Crippen LogP contribution in [0.3, 0.4) is 0 Å². The second-order valence-electron chi connectivity index (χ2n) is 2.43. The van der Waals surface area contributed by atoms with Crippen molar-refractivity contribution in [2.75, 3.05) is 0 Å².